The lowest BCUT2D eigenvalue weighted by Crippen LogP contribution is -2.18. The minimum absolute atomic E-state index is 0.671. The summed E-state index contributed by atoms with van der Waals surface area (Å²) in [7, 11) is -0.750. The van der Waals surface area contributed by atoms with Crippen molar-refractivity contribution in [3.63, 3.8) is 0 Å². The Kier molecular flexibility index (Phi) is 5.76. The van der Waals surface area contributed by atoms with E-state index in [9.17, 15) is 22.0 Å². The van der Waals surface area contributed by atoms with Crippen LogP contribution in [0, 0.1) is 11.6 Å². The first-order chi connectivity index (χ1) is 7.31. The lowest BCUT2D eigenvalue weighted by atomic mass is 10.3. The van der Waals surface area contributed by atoms with Gasteiger partial charge in [-0.2, -0.15) is 0 Å². The summed E-state index contributed by atoms with van der Waals surface area (Å²) in [5.74, 6) is -4.22. The molecule has 0 amide bonds. The molecule has 0 aliphatic heterocycles. The van der Waals surface area contributed by atoms with E-state index in [2.05, 4.69) is 4.74 Å². The van der Waals surface area contributed by atoms with Gasteiger partial charge in [-0.15, -0.1) is 13.2 Å². The predicted octanol–water partition coefficient (Wildman–Crippen LogP) is 1.10. The third-order valence-electron chi connectivity index (χ3n) is 1.14. The van der Waals surface area contributed by atoms with Gasteiger partial charge in [-0.3, -0.25) is 0 Å². The van der Waals surface area contributed by atoms with Gasteiger partial charge in [-0.25, -0.2) is 8.78 Å². The SMILES string of the molecule is Fc1cccc(F)c1OC(F)(F)F.OBO. The lowest BCUT2D eigenvalue weighted by Gasteiger charge is -2.09. The van der Waals surface area contributed by atoms with E-state index in [0.717, 1.165) is 6.07 Å². The van der Waals surface area contributed by atoms with E-state index >= 15 is 0 Å². The molecule has 9 heteroatoms. The Morgan fingerprint density at radius 3 is 1.75 bits per heavy atom. The van der Waals surface area contributed by atoms with E-state index in [-0.39, 0.29) is 0 Å². The Labute approximate surface area is 87.4 Å². The van der Waals surface area contributed by atoms with Crippen molar-refractivity contribution in [3.8, 4) is 5.75 Å². The summed E-state index contributed by atoms with van der Waals surface area (Å²) in [5, 5.41) is 14.2. The van der Waals surface area contributed by atoms with Crippen LogP contribution in [0.1, 0.15) is 0 Å². The molecule has 90 valence electrons. The fourth-order valence-electron chi connectivity index (χ4n) is 0.696. The minimum atomic E-state index is -5.09. The molecular formula is C7H6BF5O3. The van der Waals surface area contributed by atoms with Crippen molar-refractivity contribution in [1.29, 1.82) is 0 Å². The summed E-state index contributed by atoms with van der Waals surface area (Å²) in [6.07, 6.45) is -5.09. The third-order valence-corrected chi connectivity index (χ3v) is 1.14. The summed E-state index contributed by atoms with van der Waals surface area (Å²) in [6, 6.07) is 2.28. The van der Waals surface area contributed by atoms with Crippen molar-refractivity contribution in [2.45, 2.75) is 6.36 Å². The molecule has 0 heterocycles. The molecule has 2 N–H and O–H groups in total. The van der Waals surface area contributed by atoms with Crippen molar-refractivity contribution < 1.29 is 36.7 Å². The van der Waals surface area contributed by atoms with Crippen LogP contribution in [0.15, 0.2) is 18.2 Å². The number of hydrogen-bond acceptors (Lipinski definition) is 3. The van der Waals surface area contributed by atoms with E-state index in [1.807, 2.05) is 0 Å². The van der Waals surface area contributed by atoms with Gasteiger partial charge in [0.05, 0.1) is 0 Å². The molecule has 16 heavy (non-hydrogen) atoms. The van der Waals surface area contributed by atoms with Crippen LogP contribution in [-0.4, -0.2) is 24.1 Å². The molecule has 0 aromatic heterocycles. The number of para-hydroxylation sites is 1. The van der Waals surface area contributed by atoms with Gasteiger partial charge in [-0.1, -0.05) is 6.07 Å². The Hall–Kier alpha value is -1.35. The molecule has 0 aliphatic carbocycles. The molecule has 0 bridgehead atoms. The molecule has 0 fully saturated rings. The fourth-order valence-corrected chi connectivity index (χ4v) is 0.696. The first-order valence-electron chi connectivity index (χ1n) is 3.73. The minimum Gasteiger partial charge on any atom is -0.430 e. The average Bonchev–Trinajstić information content (AvgIpc) is 2.11. The highest BCUT2D eigenvalue weighted by Gasteiger charge is 2.33. The van der Waals surface area contributed by atoms with E-state index in [1.54, 1.807) is 0 Å². The molecule has 0 radical (unpaired) electrons. The Balaban J connectivity index is 0.000000673. The van der Waals surface area contributed by atoms with Gasteiger partial charge >= 0.3 is 14.0 Å². The Morgan fingerprint density at radius 2 is 1.44 bits per heavy atom. The topological polar surface area (TPSA) is 49.7 Å². The maximum atomic E-state index is 12.5. The molecule has 1 aromatic rings. The van der Waals surface area contributed by atoms with Crippen molar-refractivity contribution in [2.75, 3.05) is 0 Å². The van der Waals surface area contributed by atoms with E-state index < -0.39 is 31.4 Å². The zero-order valence-electron chi connectivity index (χ0n) is 7.63. The number of rotatable bonds is 1. The van der Waals surface area contributed by atoms with Crippen molar-refractivity contribution in [3.05, 3.63) is 29.8 Å². The van der Waals surface area contributed by atoms with E-state index in [1.165, 1.54) is 0 Å². The van der Waals surface area contributed by atoms with Gasteiger partial charge in [0.1, 0.15) is 0 Å². The van der Waals surface area contributed by atoms with Gasteiger partial charge in [0.2, 0.25) is 5.75 Å². The van der Waals surface area contributed by atoms with Crippen molar-refractivity contribution in [2.24, 2.45) is 0 Å². The van der Waals surface area contributed by atoms with E-state index in [0.29, 0.717) is 12.1 Å². The third kappa shape index (κ3) is 5.52. The standard InChI is InChI=1S/C7H3F5O.BH3O2/c8-4-2-1-3-5(9)6(4)13-7(10,11)12;2-1-3/h1-3H;1-3H. The van der Waals surface area contributed by atoms with Crippen LogP contribution in [0.25, 0.3) is 0 Å². The number of halogens is 5. The predicted molar refractivity (Wildman–Crippen MR) is 44.6 cm³/mol. The zero-order valence-corrected chi connectivity index (χ0v) is 7.63. The van der Waals surface area contributed by atoms with Crippen LogP contribution in [0.3, 0.4) is 0 Å². The molecule has 0 saturated heterocycles. The Morgan fingerprint density at radius 1 is 1.06 bits per heavy atom. The summed E-state index contributed by atoms with van der Waals surface area (Å²) in [5.41, 5.74) is 0. The lowest BCUT2D eigenvalue weighted by molar-refractivity contribution is -0.276. The van der Waals surface area contributed by atoms with Crippen LogP contribution in [-0.2, 0) is 0 Å². The van der Waals surface area contributed by atoms with Gasteiger partial charge in [0.25, 0.3) is 0 Å². The highest BCUT2D eigenvalue weighted by molar-refractivity contribution is 6.13. The van der Waals surface area contributed by atoms with Crippen molar-refractivity contribution >= 4 is 7.69 Å². The summed E-state index contributed by atoms with van der Waals surface area (Å²) < 4.78 is 62.8. The summed E-state index contributed by atoms with van der Waals surface area (Å²) in [6.45, 7) is 0. The molecule has 1 rings (SSSR count). The second kappa shape index (κ2) is 6.28. The van der Waals surface area contributed by atoms with Crippen LogP contribution >= 0.6 is 0 Å². The number of hydrogen-bond donors (Lipinski definition) is 2. The zero-order chi connectivity index (χ0) is 12.8. The van der Waals surface area contributed by atoms with Crippen LogP contribution in [0.2, 0.25) is 0 Å². The normalized spacial score (nSPS) is 10.2. The van der Waals surface area contributed by atoms with Crippen LogP contribution < -0.4 is 4.74 Å². The largest absolute Gasteiger partial charge is 0.573 e. The number of benzene rings is 1. The molecular weight excluding hydrogens is 238 g/mol. The summed E-state index contributed by atoms with van der Waals surface area (Å²) >= 11 is 0. The summed E-state index contributed by atoms with van der Waals surface area (Å²) in [4.78, 5) is 0. The van der Waals surface area contributed by atoms with Gasteiger partial charge < -0.3 is 14.8 Å². The quantitative estimate of drug-likeness (QED) is 0.574. The smallest absolute Gasteiger partial charge is 0.430 e. The molecule has 0 atom stereocenters. The van der Waals surface area contributed by atoms with Crippen molar-refractivity contribution in [1.82, 2.24) is 0 Å². The highest BCUT2D eigenvalue weighted by Crippen LogP contribution is 2.27. The van der Waals surface area contributed by atoms with E-state index in [4.69, 9.17) is 10.0 Å². The van der Waals surface area contributed by atoms with Crippen LogP contribution in [0.5, 0.6) is 5.75 Å². The maximum Gasteiger partial charge on any atom is 0.573 e. The number of ether oxygens (including phenoxy) is 1. The van der Waals surface area contributed by atoms with Gasteiger partial charge in [-0.05, 0) is 12.1 Å². The first kappa shape index (κ1) is 14.7. The molecule has 0 unspecified atom stereocenters. The van der Waals surface area contributed by atoms with Gasteiger partial charge in [0, 0.05) is 0 Å². The molecule has 0 spiro atoms. The monoisotopic (exact) mass is 244 g/mol. The fraction of sp³-hybridized carbons (Fsp3) is 0.143. The molecule has 3 nitrogen and oxygen atoms in total. The first-order valence-corrected chi connectivity index (χ1v) is 3.73. The molecule has 1 aromatic carbocycles. The highest BCUT2D eigenvalue weighted by atomic mass is 19.4. The van der Waals surface area contributed by atoms with Gasteiger partial charge in [0.15, 0.2) is 11.6 Å². The molecule has 0 aliphatic rings. The molecule has 0 saturated carbocycles. The second-order valence-corrected chi connectivity index (χ2v) is 2.24. The maximum absolute atomic E-state index is 12.5. The Bertz CT molecular complexity index is 310. The second-order valence-electron chi connectivity index (χ2n) is 2.24. The number of alkyl halides is 3. The average molecular weight is 244 g/mol. The van der Waals surface area contributed by atoms with Crippen LogP contribution in [0.4, 0.5) is 22.0 Å².